The van der Waals surface area contributed by atoms with Crippen LogP contribution >= 0.6 is 38.9 Å². The molecule has 0 aliphatic rings. The fourth-order valence-corrected chi connectivity index (χ4v) is 3.83. The minimum absolute atomic E-state index is 0.0818. The Balaban J connectivity index is 2.33. The highest BCUT2D eigenvalue weighted by Crippen LogP contribution is 2.39. The summed E-state index contributed by atoms with van der Waals surface area (Å²) >= 11 is 11.9. The molecule has 0 aliphatic heterocycles. The Kier molecular flexibility index (Phi) is 4.20. The SMILES string of the molecule is CC(C)(C)c1ccc(C(Cl)c2ccccc2Br)s1. The first kappa shape index (κ1) is 14.1. The van der Waals surface area contributed by atoms with Crippen LogP contribution in [0.2, 0.25) is 0 Å². The maximum absolute atomic E-state index is 6.58. The molecule has 0 nitrogen and oxygen atoms in total. The molecule has 0 radical (unpaired) electrons. The van der Waals surface area contributed by atoms with Gasteiger partial charge in [0.25, 0.3) is 0 Å². The Hall–Kier alpha value is -0.310. The molecule has 0 amide bonds. The highest BCUT2D eigenvalue weighted by molar-refractivity contribution is 9.10. The lowest BCUT2D eigenvalue weighted by Gasteiger charge is -2.16. The van der Waals surface area contributed by atoms with Crippen LogP contribution < -0.4 is 0 Å². The van der Waals surface area contributed by atoms with Gasteiger partial charge in [-0.3, -0.25) is 0 Å². The Labute approximate surface area is 126 Å². The Bertz CT molecular complexity index is 539. The molecule has 3 heteroatoms. The van der Waals surface area contributed by atoms with Gasteiger partial charge in [-0.25, -0.2) is 0 Å². The Morgan fingerprint density at radius 1 is 1.11 bits per heavy atom. The molecule has 96 valence electrons. The molecule has 0 saturated heterocycles. The number of halogens is 2. The fraction of sp³-hybridized carbons (Fsp3) is 0.333. The van der Waals surface area contributed by atoms with Crippen LogP contribution in [0.15, 0.2) is 40.9 Å². The van der Waals surface area contributed by atoms with Crippen LogP contribution in [-0.4, -0.2) is 0 Å². The molecule has 1 aromatic carbocycles. The zero-order valence-corrected chi connectivity index (χ0v) is 13.9. The normalized spacial score (nSPS) is 13.6. The van der Waals surface area contributed by atoms with Crippen LogP contribution in [0.4, 0.5) is 0 Å². The molecule has 0 aliphatic carbocycles. The van der Waals surface area contributed by atoms with Gasteiger partial charge in [0.15, 0.2) is 0 Å². The van der Waals surface area contributed by atoms with E-state index < -0.39 is 0 Å². The van der Waals surface area contributed by atoms with Crippen molar-refractivity contribution in [1.29, 1.82) is 0 Å². The van der Waals surface area contributed by atoms with E-state index in [0.29, 0.717) is 0 Å². The van der Waals surface area contributed by atoms with E-state index in [4.69, 9.17) is 11.6 Å². The molecule has 0 spiro atoms. The summed E-state index contributed by atoms with van der Waals surface area (Å²) in [6, 6.07) is 12.5. The quantitative estimate of drug-likeness (QED) is 0.575. The van der Waals surface area contributed by atoms with Crippen molar-refractivity contribution in [1.82, 2.24) is 0 Å². The molecule has 18 heavy (non-hydrogen) atoms. The molecule has 2 rings (SSSR count). The number of alkyl halides is 1. The third-order valence-electron chi connectivity index (χ3n) is 2.79. The molecule has 1 aromatic heterocycles. The van der Waals surface area contributed by atoms with Crippen molar-refractivity contribution in [2.45, 2.75) is 31.6 Å². The summed E-state index contributed by atoms with van der Waals surface area (Å²) in [5.41, 5.74) is 1.31. The molecular weight excluding hydrogens is 328 g/mol. The van der Waals surface area contributed by atoms with E-state index in [1.54, 1.807) is 11.3 Å². The van der Waals surface area contributed by atoms with Crippen molar-refractivity contribution >= 4 is 38.9 Å². The van der Waals surface area contributed by atoms with Gasteiger partial charge in [0, 0.05) is 14.2 Å². The summed E-state index contributed by atoms with van der Waals surface area (Å²) in [6.07, 6.45) is 0. The molecule has 0 bridgehead atoms. The highest BCUT2D eigenvalue weighted by atomic mass is 79.9. The first-order valence-corrected chi connectivity index (χ1v) is 7.93. The number of benzene rings is 1. The third kappa shape index (κ3) is 2.98. The van der Waals surface area contributed by atoms with Gasteiger partial charge in [-0.1, -0.05) is 54.9 Å². The van der Waals surface area contributed by atoms with Crippen molar-refractivity contribution in [2.75, 3.05) is 0 Å². The number of hydrogen-bond donors (Lipinski definition) is 0. The van der Waals surface area contributed by atoms with Crippen LogP contribution in [0.25, 0.3) is 0 Å². The lowest BCUT2D eigenvalue weighted by atomic mass is 9.95. The second-order valence-corrected chi connectivity index (χ2v) is 7.74. The molecule has 0 fully saturated rings. The average Bonchev–Trinajstić information content (AvgIpc) is 2.77. The maximum atomic E-state index is 6.58. The molecule has 1 heterocycles. The van der Waals surface area contributed by atoms with E-state index in [1.165, 1.54) is 9.75 Å². The fourth-order valence-electron chi connectivity index (χ4n) is 1.73. The molecule has 0 N–H and O–H groups in total. The lowest BCUT2D eigenvalue weighted by molar-refractivity contribution is 0.604. The zero-order valence-electron chi connectivity index (χ0n) is 10.7. The van der Waals surface area contributed by atoms with E-state index in [1.807, 2.05) is 18.2 Å². The first-order chi connectivity index (χ1) is 8.39. The standard InChI is InChI=1S/C15H16BrClS/c1-15(2,3)13-9-8-12(18-13)14(17)10-6-4-5-7-11(10)16/h4-9,14H,1-3H3. The van der Waals surface area contributed by atoms with Crippen LogP contribution in [0, 0.1) is 0 Å². The molecule has 1 atom stereocenters. The number of thiophene rings is 1. The van der Waals surface area contributed by atoms with Crippen molar-refractivity contribution in [3.05, 3.63) is 56.2 Å². The van der Waals surface area contributed by atoms with Gasteiger partial charge in [0.05, 0.1) is 5.38 Å². The lowest BCUT2D eigenvalue weighted by Crippen LogP contribution is -2.07. The minimum atomic E-state index is -0.0818. The highest BCUT2D eigenvalue weighted by Gasteiger charge is 2.20. The maximum Gasteiger partial charge on any atom is 0.0938 e. The molecule has 2 aromatic rings. The van der Waals surface area contributed by atoms with Gasteiger partial charge >= 0.3 is 0 Å². The summed E-state index contributed by atoms with van der Waals surface area (Å²) in [6.45, 7) is 6.68. The van der Waals surface area contributed by atoms with Gasteiger partial charge < -0.3 is 0 Å². The van der Waals surface area contributed by atoms with Crippen LogP contribution in [0.5, 0.6) is 0 Å². The molecule has 0 saturated carbocycles. The van der Waals surface area contributed by atoms with E-state index in [-0.39, 0.29) is 10.8 Å². The van der Waals surface area contributed by atoms with E-state index in [0.717, 1.165) is 10.0 Å². The number of rotatable bonds is 2. The van der Waals surface area contributed by atoms with E-state index in [2.05, 4.69) is 54.9 Å². The van der Waals surface area contributed by atoms with Gasteiger partial charge in [-0.05, 0) is 29.2 Å². The van der Waals surface area contributed by atoms with Crippen molar-refractivity contribution < 1.29 is 0 Å². The van der Waals surface area contributed by atoms with E-state index in [9.17, 15) is 0 Å². The Morgan fingerprint density at radius 3 is 2.33 bits per heavy atom. The average molecular weight is 344 g/mol. The topological polar surface area (TPSA) is 0 Å². The van der Waals surface area contributed by atoms with E-state index >= 15 is 0 Å². The summed E-state index contributed by atoms with van der Waals surface area (Å²) in [5, 5.41) is -0.0818. The Morgan fingerprint density at radius 2 is 1.78 bits per heavy atom. The predicted molar refractivity (Wildman–Crippen MR) is 84.9 cm³/mol. The predicted octanol–water partition coefficient (Wildman–Crippen LogP) is 6.14. The van der Waals surface area contributed by atoms with Crippen molar-refractivity contribution in [3.63, 3.8) is 0 Å². The summed E-state index contributed by atoms with van der Waals surface area (Å²) in [4.78, 5) is 2.57. The van der Waals surface area contributed by atoms with Gasteiger partial charge in [-0.2, -0.15) is 0 Å². The second-order valence-electron chi connectivity index (χ2n) is 5.34. The number of hydrogen-bond acceptors (Lipinski definition) is 1. The van der Waals surface area contributed by atoms with Crippen LogP contribution in [0.1, 0.15) is 41.5 Å². The molecule has 1 unspecified atom stereocenters. The zero-order chi connectivity index (χ0) is 13.3. The van der Waals surface area contributed by atoms with Gasteiger partial charge in [-0.15, -0.1) is 22.9 Å². The summed E-state index contributed by atoms with van der Waals surface area (Å²) in [7, 11) is 0. The van der Waals surface area contributed by atoms with Crippen LogP contribution in [0.3, 0.4) is 0 Å². The monoisotopic (exact) mass is 342 g/mol. The minimum Gasteiger partial charge on any atom is -0.143 e. The largest absolute Gasteiger partial charge is 0.143 e. The van der Waals surface area contributed by atoms with Gasteiger partial charge in [0.1, 0.15) is 0 Å². The van der Waals surface area contributed by atoms with Crippen molar-refractivity contribution in [2.24, 2.45) is 0 Å². The van der Waals surface area contributed by atoms with Gasteiger partial charge in [0.2, 0.25) is 0 Å². The summed E-state index contributed by atoms with van der Waals surface area (Å²) in [5.74, 6) is 0. The molecular formula is C15H16BrClS. The first-order valence-electron chi connectivity index (χ1n) is 5.88. The smallest absolute Gasteiger partial charge is 0.0938 e. The second kappa shape index (κ2) is 5.36. The summed E-state index contributed by atoms with van der Waals surface area (Å²) < 4.78 is 1.07. The van der Waals surface area contributed by atoms with Crippen molar-refractivity contribution in [3.8, 4) is 0 Å². The third-order valence-corrected chi connectivity index (χ3v) is 5.69. The van der Waals surface area contributed by atoms with Crippen LogP contribution in [-0.2, 0) is 5.41 Å².